The third kappa shape index (κ3) is 2.15. The van der Waals surface area contributed by atoms with E-state index in [0.29, 0.717) is 0 Å². The molecule has 0 heterocycles. The van der Waals surface area contributed by atoms with Gasteiger partial charge >= 0.3 is 0 Å². The average molecular weight is 263 g/mol. The molecule has 0 bridgehead atoms. The Labute approximate surface area is 118 Å². The van der Waals surface area contributed by atoms with Crippen LogP contribution >= 0.6 is 0 Å². The topological polar surface area (TPSA) is 46.2 Å². The van der Waals surface area contributed by atoms with E-state index in [0.717, 1.165) is 33.2 Å². The zero-order chi connectivity index (χ0) is 14.1. The van der Waals surface area contributed by atoms with Gasteiger partial charge < -0.3 is 10.8 Å². The number of hydrogen-bond acceptors (Lipinski definition) is 2. The summed E-state index contributed by atoms with van der Waals surface area (Å²) in [6.45, 7) is 1.95. The van der Waals surface area contributed by atoms with Crippen molar-refractivity contribution in [2.45, 2.75) is 13.0 Å². The average Bonchev–Trinajstić information content (AvgIpc) is 2.49. The molecule has 3 aromatic rings. The van der Waals surface area contributed by atoms with Crippen molar-refractivity contribution in [1.82, 2.24) is 0 Å². The van der Waals surface area contributed by atoms with Crippen LogP contribution in [0.15, 0.2) is 60.7 Å². The van der Waals surface area contributed by atoms with Gasteiger partial charge in [0.2, 0.25) is 0 Å². The highest BCUT2D eigenvalue weighted by Gasteiger charge is 2.13. The van der Waals surface area contributed by atoms with E-state index in [1.807, 2.05) is 55.5 Å². The Kier molecular flexibility index (Phi) is 3.17. The zero-order valence-electron chi connectivity index (χ0n) is 11.4. The third-order valence-corrected chi connectivity index (χ3v) is 3.73. The summed E-state index contributed by atoms with van der Waals surface area (Å²) in [6, 6.07) is 19.8. The maximum atomic E-state index is 10.7. The van der Waals surface area contributed by atoms with E-state index < -0.39 is 6.10 Å². The highest BCUT2D eigenvalue weighted by Crippen LogP contribution is 2.30. The van der Waals surface area contributed by atoms with Gasteiger partial charge in [-0.2, -0.15) is 0 Å². The van der Waals surface area contributed by atoms with Crippen LogP contribution in [0, 0.1) is 6.92 Å². The highest BCUT2D eigenvalue weighted by molar-refractivity contribution is 5.86. The number of fused-ring (bicyclic) bond motifs is 1. The lowest BCUT2D eigenvalue weighted by atomic mass is 9.95. The number of nitrogens with two attached hydrogens (primary N) is 1. The van der Waals surface area contributed by atoms with Gasteiger partial charge in [-0.05, 0) is 40.5 Å². The molecule has 2 heteroatoms. The van der Waals surface area contributed by atoms with Crippen LogP contribution in [0.1, 0.15) is 22.8 Å². The first-order valence-electron chi connectivity index (χ1n) is 6.68. The van der Waals surface area contributed by atoms with Crippen molar-refractivity contribution in [3.05, 3.63) is 77.4 Å². The number of hydrogen-bond donors (Lipinski definition) is 2. The van der Waals surface area contributed by atoms with Crippen LogP contribution in [-0.4, -0.2) is 5.11 Å². The van der Waals surface area contributed by atoms with Gasteiger partial charge in [0.25, 0.3) is 0 Å². The van der Waals surface area contributed by atoms with Gasteiger partial charge in [-0.25, -0.2) is 0 Å². The van der Waals surface area contributed by atoms with Gasteiger partial charge in [-0.1, -0.05) is 54.6 Å². The molecular weight excluding hydrogens is 246 g/mol. The van der Waals surface area contributed by atoms with Gasteiger partial charge in [0.05, 0.1) is 0 Å². The quantitative estimate of drug-likeness (QED) is 0.691. The van der Waals surface area contributed by atoms with E-state index in [2.05, 4.69) is 12.1 Å². The third-order valence-electron chi connectivity index (χ3n) is 3.73. The molecule has 0 saturated carbocycles. The molecule has 0 fully saturated rings. The van der Waals surface area contributed by atoms with Crippen molar-refractivity contribution >= 4 is 16.5 Å². The Balaban J connectivity index is 2.12. The van der Waals surface area contributed by atoms with Gasteiger partial charge in [-0.15, -0.1) is 0 Å². The molecule has 0 aromatic heterocycles. The van der Waals surface area contributed by atoms with Crippen LogP contribution in [0.2, 0.25) is 0 Å². The summed E-state index contributed by atoms with van der Waals surface area (Å²) in [5.74, 6) is 0. The predicted molar refractivity (Wildman–Crippen MR) is 83.6 cm³/mol. The lowest BCUT2D eigenvalue weighted by molar-refractivity contribution is 0.222. The summed E-state index contributed by atoms with van der Waals surface area (Å²) in [5.41, 5.74) is 9.37. The van der Waals surface area contributed by atoms with Gasteiger partial charge in [-0.3, -0.25) is 0 Å². The molecule has 3 aromatic carbocycles. The summed E-state index contributed by atoms with van der Waals surface area (Å²) in [4.78, 5) is 0. The smallest absolute Gasteiger partial charge is 0.105 e. The summed E-state index contributed by atoms with van der Waals surface area (Å²) in [5, 5.41) is 12.9. The summed E-state index contributed by atoms with van der Waals surface area (Å²) >= 11 is 0. The number of nitrogen functional groups attached to an aromatic ring is 1. The van der Waals surface area contributed by atoms with Gasteiger partial charge in [0.15, 0.2) is 0 Å². The number of anilines is 1. The largest absolute Gasteiger partial charge is 0.399 e. The second kappa shape index (κ2) is 4.99. The van der Waals surface area contributed by atoms with Crippen molar-refractivity contribution in [2.24, 2.45) is 0 Å². The molecule has 2 nitrogen and oxygen atoms in total. The number of rotatable bonds is 2. The fraction of sp³-hybridized carbons (Fsp3) is 0.111. The van der Waals surface area contributed by atoms with Crippen molar-refractivity contribution in [3.63, 3.8) is 0 Å². The summed E-state index contributed by atoms with van der Waals surface area (Å²) in [6.07, 6.45) is -0.639. The lowest BCUT2D eigenvalue weighted by Gasteiger charge is -2.15. The minimum absolute atomic E-state index is 0.639. The van der Waals surface area contributed by atoms with Crippen LogP contribution in [0.5, 0.6) is 0 Å². The molecule has 1 atom stereocenters. The van der Waals surface area contributed by atoms with Crippen molar-refractivity contribution in [1.29, 1.82) is 0 Å². The van der Waals surface area contributed by atoms with E-state index in [1.165, 1.54) is 0 Å². The second-order valence-corrected chi connectivity index (χ2v) is 5.09. The summed E-state index contributed by atoms with van der Waals surface area (Å²) in [7, 11) is 0. The minimum Gasteiger partial charge on any atom is -0.399 e. The molecule has 0 amide bonds. The van der Waals surface area contributed by atoms with Crippen molar-refractivity contribution in [2.75, 3.05) is 5.73 Å². The lowest BCUT2D eigenvalue weighted by Crippen LogP contribution is -2.02. The predicted octanol–water partition coefficient (Wildman–Crippen LogP) is 3.81. The SMILES string of the molecule is Cc1cc([C@@H](O)c2cccc3ccccc23)ccc1N. The molecule has 0 aliphatic rings. The minimum atomic E-state index is -0.639. The van der Waals surface area contributed by atoms with Crippen LogP contribution in [0.4, 0.5) is 5.69 Å². The molecule has 0 saturated heterocycles. The molecule has 3 rings (SSSR count). The number of aryl methyl sites for hydroxylation is 1. The molecule has 0 spiro atoms. The molecule has 0 aliphatic heterocycles. The van der Waals surface area contributed by atoms with Crippen LogP contribution in [-0.2, 0) is 0 Å². The van der Waals surface area contributed by atoms with Gasteiger partial charge in [0, 0.05) is 5.69 Å². The Bertz CT molecular complexity index is 759. The van der Waals surface area contributed by atoms with Crippen LogP contribution in [0.25, 0.3) is 10.8 Å². The molecule has 100 valence electrons. The molecule has 0 aliphatic carbocycles. The Morgan fingerprint density at radius 2 is 1.70 bits per heavy atom. The second-order valence-electron chi connectivity index (χ2n) is 5.09. The first kappa shape index (κ1) is 12.7. The van der Waals surface area contributed by atoms with E-state index in [1.54, 1.807) is 0 Å². The highest BCUT2D eigenvalue weighted by atomic mass is 16.3. The maximum absolute atomic E-state index is 10.7. The van der Waals surface area contributed by atoms with Crippen LogP contribution < -0.4 is 5.73 Å². The number of aliphatic hydroxyl groups is 1. The Morgan fingerprint density at radius 1 is 0.950 bits per heavy atom. The van der Waals surface area contributed by atoms with Crippen molar-refractivity contribution < 1.29 is 5.11 Å². The van der Waals surface area contributed by atoms with Crippen LogP contribution in [0.3, 0.4) is 0 Å². The fourth-order valence-corrected chi connectivity index (χ4v) is 2.54. The van der Waals surface area contributed by atoms with E-state index >= 15 is 0 Å². The molecular formula is C18H17NO. The molecule has 3 N–H and O–H groups in total. The van der Waals surface area contributed by atoms with Gasteiger partial charge in [0.1, 0.15) is 6.10 Å². The summed E-state index contributed by atoms with van der Waals surface area (Å²) < 4.78 is 0. The fourth-order valence-electron chi connectivity index (χ4n) is 2.54. The number of benzene rings is 3. The molecule has 0 unspecified atom stereocenters. The van der Waals surface area contributed by atoms with E-state index in [9.17, 15) is 5.11 Å². The molecule has 0 radical (unpaired) electrons. The zero-order valence-corrected chi connectivity index (χ0v) is 11.4. The first-order chi connectivity index (χ1) is 9.66. The first-order valence-corrected chi connectivity index (χ1v) is 6.68. The van der Waals surface area contributed by atoms with Crippen molar-refractivity contribution in [3.8, 4) is 0 Å². The van der Waals surface area contributed by atoms with E-state index in [-0.39, 0.29) is 0 Å². The normalized spacial score (nSPS) is 12.5. The Morgan fingerprint density at radius 3 is 2.50 bits per heavy atom. The Hall–Kier alpha value is -2.32. The monoisotopic (exact) mass is 263 g/mol. The maximum Gasteiger partial charge on any atom is 0.105 e. The van der Waals surface area contributed by atoms with E-state index in [4.69, 9.17) is 5.73 Å². The number of aliphatic hydroxyl groups excluding tert-OH is 1. The molecule has 20 heavy (non-hydrogen) atoms. The standard InChI is InChI=1S/C18H17NO/c1-12-11-14(9-10-17(12)19)18(20)16-8-4-6-13-5-2-3-7-15(13)16/h2-11,18,20H,19H2,1H3/t18-/m1/s1.